The molecule has 1 amide bonds. The van der Waals surface area contributed by atoms with Crippen LogP contribution in [0.25, 0.3) is 21.7 Å². The van der Waals surface area contributed by atoms with Gasteiger partial charge in [0.2, 0.25) is 0 Å². The zero-order chi connectivity index (χ0) is 42.6. The lowest BCUT2D eigenvalue weighted by Gasteiger charge is -2.38. The summed E-state index contributed by atoms with van der Waals surface area (Å²) in [6, 6.07) is 0. The van der Waals surface area contributed by atoms with Gasteiger partial charge in [-0.3, -0.25) is 19.2 Å². The van der Waals surface area contributed by atoms with E-state index in [0.29, 0.717) is 5.69 Å². The van der Waals surface area contributed by atoms with Gasteiger partial charge < -0.3 is 49.3 Å². The van der Waals surface area contributed by atoms with Crippen LogP contribution < -0.4 is 10.1 Å². The van der Waals surface area contributed by atoms with Crippen molar-refractivity contribution in [3.63, 3.8) is 0 Å². The molecular formula is C43H54N2O12. The van der Waals surface area contributed by atoms with E-state index in [4.69, 9.17) is 18.9 Å². The van der Waals surface area contributed by atoms with Gasteiger partial charge in [0.05, 0.1) is 46.7 Å². The van der Waals surface area contributed by atoms with Crippen LogP contribution in [0.3, 0.4) is 0 Å². The molecule has 0 fully saturated rings. The lowest BCUT2D eigenvalue weighted by atomic mass is 9.78. The quantitative estimate of drug-likeness (QED) is 0.117. The number of Topliss-reactive ketones (excluding diaryl/α,β-unsaturated/α-hetero) is 2. The molecule has 308 valence electrons. The molecule has 0 aliphatic carbocycles. The number of carbonyl (C=O) groups excluding carboxylic acids is 4. The molecule has 5 rings (SSSR count). The number of aromatic hydroxyl groups is 2. The van der Waals surface area contributed by atoms with Gasteiger partial charge in [0.15, 0.2) is 11.5 Å². The first-order chi connectivity index (χ1) is 26.6. The Morgan fingerprint density at radius 1 is 0.912 bits per heavy atom. The number of anilines is 1. The number of esters is 1. The van der Waals surface area contributed by atoms with Crippen LogP contribution in [0.2, 0.25) is 0 Å². The van der Waals surface area contributed by atoms with E-state index in [1.165, 1.54) is 53.2 Å². The van der Waals surface area contributed by atoms with E-state index in [1.807, 2.05) is 0 Å². The molecule has 3 heterocycles. The molecule has 2 aromatic carbocycles. The smallest absolute Gasteiger partial charge is 0.312 e. The number of rotatable bonds is 3. The Labute approximate surface area is 331 Å². The molecule has 3 aromatic rings. The first-order valence-corrected chi connectivity index (χ1v) is 19.0. The van der Waals surface area contributed by atoms with E-state index in [-0.39, 0.29) is 61.2 Å². The molecule has 14 nitrogen and oxygen atoms in total. The van der Waals surface area contributed by atoms with Gasteiger partial charge in [0.25, 0.3) is 11.7 Å². The van der Waals surface area contributed by atoms with Crippen LogP contribution in [0, 0.1) is 37.5 Å². The normalized spacial score (nSPS) is 30.7. The number of hydrogen-bond donors (Lipinski definition) is 5. The predicted molar refractivity (Wildman–Crippen MR) is 213 cm³/mol. The largest absolute Gasteiger partial charge is 0.507 e. The van der Waals surface area contributed by atoms with Gasteiger partial charge in [0.1, 0.15) is 17.6 Å². The van der Waals surface area contributed by atoms with Crippen LogP contribution in [-0.4, -0.2) is 85.7 Å². The van der Waals surface area contributed by atoms with Crippen LogP contribution in [-0.2, 0) is 30.8 Å². The molecule has 4 bridgehead atoms. The standard InChI is InChI=1S/C43H54N2O12/c1-18-14-13-15-19(2)42(53)44-33-30-28(25(8)46)24(7)45(11)34(30)29-31(38(33)51)37(50)23(6)40-32(29)41(52)43(10,57-40)55-17-16-27(54-12)20(3)39(56-26(9)47)22(5)36(49)21(4)35(18)48/h13-18,20-22,27,35-36,39,48-51H,1-12H3,(H,44,53)/b14-13+,17-16+,19-15-/t18-,20+,21+,22+,27-,35-,36+,39+,43-/m0/s1. The molecule has 14 heteroatoms. The van der Waals surface area contributed by atoms with Gasteiger partial charge in [-0.1, -0.05) is 45.9 Å². The van der Waals surface area contributed by atoms with Crippen molar-refractivity contribution in [1.29, 1.82) is 0 Å². The lowest BCUT2D eigenvalue weighted by Crippen LogP contribution is -2.46. The van der Waals surface area contributed by atoms with E-state index in [1.54, 1.807) is 65.3 Å². The molecular weight excluding hydrogens is 736 g/mol. The fourth-order valence-electron chi connectivity index (χ4n) is 8.25. The Morgan fingerprint density at radius 3 is 2.16 bits per heavy atom. The van der Waals surface area contributed by atoms with Crippen molar-refractivity contribution >= 4 is 50.8 Å². The number of methoxy groups -OCH3 is 1. The molecule has 2 aliphatic heterocycles. The first kappa shape index (κ1) is 43.0. The van der Waals surface area contributed by atoms with Gasteiger partial charge >= 0.3 is 11.8 Å². The zero-order valence-corrected chi connectivity index (χ0v) is 34.5. The molecule has 9 atom stereocenters. The number of nitrogens with one attached hydrogen (secondary N) is 1. The monoisotopic (exact) mass is 790 g/mol. The number of aromatic nitrogens is 1. The molecule has 57 heavy (non-hydrogen) atoms. The van der Waals surface area contributed by atoms with E-state index >= 15 is 0 Å². The number of allylic oxidation sites excluding steroid dienone is 2. The lowest BCUT2D eigenvalue weighted by molar-refractivity contribution is -0.160. The minimum absolute atomic E-state index is 0.00219. The second kappa shape index (κ2) is 16.0. The molecule has 2 aliphatic rings. The highest BCUT2D eigenvalue weighted by molar-refractivity contribution is 6.31. The zero-order valence-electron chi connectivity index (χ0n) is 34.5. The average Bonchev–Trinajstić information content (AvgIpc) is 3.58. The maximum atomic E-state index is 14.6. The Kier molecular flexibility index (Phi) is 12.0. The van der Waals surface area contributed by atoms with Crippen molar-refractivity contribution in [1.82, 2.24) is 4.57 Å². The number of aliphatic hydroxyl groups excluding tert-OH is 2. The van der Waals surface area contributed by atoms with Crippen LogP contribution >= 0.6 is 0 Å². The summed E-state index contributed by atoms with van der Waals surface area (Å²) in [5.41, 5.74) is 1.09. The van der Waals surface area contributed by atoms with Gasteiger partial charge in [-0.05, 0) is 33.8 Å². The van der Waals surface area contributed by atoms with Crippen molar-refractivity contribution in [2.75, 3.05) is 12.4 Å². The number of amides is 1. The number of nitrogens with zero attached hydrogens (tertiary/aromatic N) is 1. The van der Waals surface area contributed by atoms with Gasteiger partial charge in [-0.25, -0.2) is 0 Å². The highest BCUT2D eigenvalue weighted by Gasteiger charge is 2.50. The van der Waals surface area contributed by atoms with Crippen LogP contribution in [0.4, 0.5) is 5.69 Å². The number of carbonyl (C=O) groups is 4. The summed E-state index contributed by atoms with van der Waals surface area (Å²) in [6.45, 7) is 15.7. The second-order valence-electron chi connectivity index (χ2n) is 15.7. The number of ketones is 2. The summed E-state index contributed by atoms with van der Waals surface area (Å²) in [4.78, 5) is 54.0. The third-order valence-corrected chi connectivity index (χ3v) is 11.8. The number of hydrogen-bond acceptors (Lipinski definition) is 12. The topological polar surface area (TPSA) is 203 Å². The SMILES string of the molecule is CO[C@H]1/C=C/O[C@@]2(C)Oc3c(C)c(O)c4c(O)c(c5c(C(C)=O)c(C)n(C)c5c4c3C2=O)NC(=O)/C(C)=C\C=C\[C@H](C)[C@H](O)[C@@H](C)[C@@H](O)[C@@H](C)[C@H](OC(C)=O)[C@@H]1C. The Hall–Kier alpha value is -5.18. The van der Waals surface area contributed by atoms with E-state index in [9.17, 15) is 39.6 Å². The number of aliphatic hydroxyl groups is 2. The molecule has 0 saturated carbocycles. The number of aryl methyl sites for hydroxylation is 1. The molecule has 0 spiro atoms. The molecule has 0 radical (unpaired) electrons. The molecule has 1 aromatic heterocycles. The maximum Gasteiger partial charge on any atom is 0.312 e. The Morgan fingerprint density at radius 2 is 1.56 bits per heavy atom. The van der Waals surface area contributed by atoms with E-state index < -0.39 is 83.0 Å². The van der Waals surface area contributed by atoms with Crippen molar-refractivity contribution in [2.45, 2.75) is 99.4 Å². The predicted octanol–water partition coefficient (Wildman–Crippen LogP) is 6.05. The second-order valence-corrected chi connectivity index (χ2v) is 15.7. The number of phenols is 2. The minimum Gasteiger partial charge on any atom is -0.507 e. The minimum atomic E-state index is -1.99. The van der Waals surface area contributed by atoms with Crippen molar-refractivity contribution in [3.8, 4) is 17.2 Å². The fourth-order valence-corrected chi connectivity index (χ4v) is 8.25. The van der Waals surface area contributed by atoms with E-state index in [0.717, 1.165) is 0 Å². The van der Waals surface area contributed by atoms with Crippen LogP contribution in [0.5, 0.6) is 17.2 Å². The summed E-state index contributed by atoms with van der Waals surface area (Å²) >= 11 is 0. The maximum absolute atomic E-state index is 14.6. The number of fused-ring (bicyclic) bond motifs is 1. The molecule has 5 N–H and O–H groups in total. The van der Waals surface area contributed by atoms with Gasteiger partial charge in [-0.2, -0.15) is 0 Å². The number of phenolic OH excluding ortho intramolecular Hbond substituents is 2. The van der Waals surface area contributed by atoms with Crippen LogP contribution in [0.1, 0.15) is 87.4 Å². The van der Waals surface area contributed by atoms with E-state index in [2.05, 4.69) is 5.32 Å². The van der Waals surface area contributed by atoms with Crippen molar-refractivity contribution < 1.29 is 58.6 Å². The summed E-state index contributed by atoms with van der Waals surface area (Å²) < 4.78 is 25.4. The van der Waals surface area contributed by atoms with Crippen LogP contribution in [0.15, 0.2) is 36.1 Å². The summed E-state index contributed by atoms with van der Waals surface area (Å²) in [7, 11) is 3.12. The summed E-state index contributed by atoms with van der Waals surface area (Å²) in [5.74, 6) is -7.68. The van der Waals surface area contributed by atoms with Gasteiger partial charge in [-0.15, -0.1) is 0 Å². The first-order valence-electron chi connectivity index (χ1n) is 19.0. The van der Waals surface area contributed by atoms with Gasteiger partial charge in [0, 0.05) is 84.8 Å². The third kappa shape index (κ3) is 7.30. The average molecular weight is 791 g/mol. The van der Waals surface area contributed by atoms with Crippen molar-refractivity contribution in [3.05, 3.63) is 58.5 Å². The number of benzene rings is 2. The Bertz CT molecular complexity index is 2250. The Balaban J connectivity index is 1.79. The highest BCUT2D eigenvalue weighted by atomic mass is 16.7. The molecule has 0 saturated heterocycles. The number of ether oxygens (including phenoxy) is 4. The fraction of sp³-hybridized carbons (Fsp3) is 0.488. The molecule has 0 unspecified atom stereocenters. The van der Waals surface area contributed by atoms with Crippen molar-refractivity contribution in [2.24, 2.45) is 30.7 Å². The third-order valence-electron chi connectivity index (χ3n) is 11.8. The highest BCUT2D eigenvalue weighted by Crippen LogP contribution is 2.55. The summed E-state index contributed by atoms with van der Waals surface area (Å²) in [6.07, 6.45) is 3.69. The summed E-state index contributed by atoms with van der Waals surface area (Å²) in [5, 5.41) is 49.4.